The maximum atomic E-state index is 11.2. The fourth-order valence-electron chi connectivity index (χ4n) is 1.36. The van der Waals surface area contributed by atoms with Gasteiger partial charge in [0.2, 0.25) is 5.91 Å². The van der Waals surface area contributed by atoms with Crippen molar-refractivity contribution in [1.29, 1.82) is 0 Å². The largest absolute Gasteiger partial charge is 0.396 e. The molecule has 18 heavy (non-hydrogen) atoms. The summed E-state index contributed by atoms with van der Waals surface area (Å²) in [5, 5.41) is 11.5. The summed E-state index contributed by atoms with van der Waals surface area (Å²) in [6, 6.07) is 0. The first-order valence-electron chi connectivity index (χ1n) is 6.67. The van der Waals surface area contributed by atoms with Crippen molar-refractivity contribution in [3.8, 4) is 0 Å². The van der Waals surface area contributed by atoms with Crippen LogP contribution in [0.2, 0.25) is 0 Å². The van der Waals surface area contributed by atoms with Crippen molar-refractivity contribution in [3.63, 3.8) is 0 Å². The van der Waals surface area contributed by atoms with Crippen LogP contribution in [0.4, 0.5) is 0 Å². The predicted octanol–water partition coefficient (Wildman–Crippen LogP) is 1.44. The van der Waals surface area contributed by atoms with E-state index in [-0.39, 0.29) is 12.5 Å². The quantitative estimate of drug-likeness (QED) is 0.436. The molecule has 0 aliphatic rings. The third kappa shape index (κ3) is 10.5. The van der Waals surface area contributed by atoms with Crippen molar-refractivity contribution in [2.24, 2.45) is 0 Å². The predicted molar refractivity (Wildman–Crippen MR) is 70.2 cm³/mol. The monoisotopic (exact) mass is 261 g/mol. The number of carbonyl (C=O) groups excluding carboxylic acids is 1. The summed E-state index contributed by atoms with van der Waals surface area (Å²) in [7, 11) is 0. The minimum absolute atomic E-state index is 0.0935. The Bertz CT molecular complexity index is 219. The summed E-state index contributed by atoms with van der Waals surface area (Å²) >= 11 is 0. The zero-order chi connectivity index (χ0) is 13.9. The minimum Gasteiger partial charge on any atom is -0.396 e. The SMILES string of the molecule is CCCC(=O)NCCCOC(C)(C)OCCCO. The van der Waals surface area contributed by atoms with Crippen LogP contribution in [0.25, 0.3) is 0 Å². The number of nitrogens with one attached hydrogen (secondary N) is 1. The Morgan fingerprint density at radius 2 is 1.83 bits per heavy atom. The molecular formula is C13H27NO4. The Hall–Kier alpha value is -0.650. The second-order valence-electron chi connectivity index (χ2n) is 4.63. The highest BCUT2D eigenvalue weighted by atomic mass is 16.7. The molecule has 0 aliphatic carbocycles. The van der Waals surface area contributed by atoms with Crippen LogP contribution >= 0.6 is 0 Å². The highest BCUT2D eigenvalue weighted by Gasteiger charge is 2.17. The van der Waals surface area contributed by atoms with E-state index in [9.17, 15) is 4.79 Å². The van der Waals surface area contributed by atoms with Crippen molar-refractivity contribution in [2.75, 3.05) is 26.4 Å². The molecule has 0 aromatic carbocycles. The van der Waals surface area contributed by atoms with E-state index >= 15 is 0 Å². The van der Waals surface area contributed by atoms with Crippen LogP contribution in [0.15, 0.2) is 0 Å². The molecule has 0 spiro atoms. The van der Waals surface area contributed by atoms with E-state index in [0.717, 1.165) is 12.8 Å². The number of amides is 1. The Labute approximate surface area is 110 Å². The molecule has 108 valence electrons. The molecule has 0 atom stereocenters. The molecule has 0 saturated heterocycles. The van der Waals surface area contributed by atoms with Gasteiger partial charge in [0.15, 0.2) is 5.79 Å². The molecule has 0 bridgehead atoms. The third-order valence-corrected chi connectivity index (χ3v) is 2.32. The van der Waals surface area contributed by atoms with Crippen molar-refractivity contribution in [3.05, 3.63) is 0 Å². The molecule has 0 aliphatic heterocycles. The Morgan fingerprint density at radius 1 is 1.22 bits per heavy atom. The van der Waals surface area contributed by atoms with Crippen LogP contribution < -0.4 is 5.32 Å². The molecular weight excluding hydrogens is 234 g/mol. The van der Waals surface area contributed by atoms with Crippen LogP contribution in [-0.4, -0.2) is 43.2 Å². The lowest BCUT2D eigenvalue weighted by Gasteiger charge is -2.25. The molecule has 0 fully saturated rings. The van der Waals surface area contributed by atoms with Gasteiger partial charge in [-0.1, -0.05) is 6.92 Å². The smallest absolute Gasteiger partial charge is 0.219 e. The van der Waals surface area contributed by atoms with Gasteiger partial charge in [-0.25, -0.2) is 0 Å². The standard InChI is InChI=1S/C13H27NO4/c1-4-7-12(16)14-8-5-10-17-13(2,3)18-11-6-9-15/h15H,4-11H2,1-3H3,(H,14,16). The number of hydrogen-bond acceptors (Lipinski definition) is 4. The van der Waals surface area contributed by atoms with E-state index in [4.69, 9.17) is 14.6 Å². The van der Waals surface area contributed by atoms with Crippen molar-refractivity contribution < 1.29 is 19.4 Å². The first-order chi connectivity index (χ1) is 8.52. The highest BCUT2D eigenvalue weighted by molar-refractivity contribution is 5.75. The number of hydrogen-bond donors (Lipinski definition) is 2. The second kappa shape index (κ2) is 10.3. The molecule has 1 amide bonds. The number of ether oxygens (including phenoxy) is 2. The van der Waals surface area contributed by atoms with Crippen molar-refractivity contribution >= 4 is 5.91 Å². The third-order valence-electron chi connectivity index (χ3n) is 2.32. The fourth-order valence-corrected chi connectivity index (χ4v) is 1.36. The van der Waals surface area contributed by atoms with E-state index in [1.165, 1.54) is 0 Å². The Balaban J connectivity index is 3.49. The molecule has 0 heterocycles. The van der Waals surface area contributed by atoms with Crippen molar-refractivity contribution in [2.45, 2.75) is 52.2 Å². The molecule has 0 aromatic heterocycles. The van der Waals surface area contributed by atoms with Gasteiger partial charge in [0.25, 0.3) is 0 Å². The first-order valence-corrected chi connectivity index (χ1v) is 6.67. The second-order valence-corrected chi connectivity index (χ2v) is 4.63. The molecule has 0 unspecified atom stereocenters. The van der Waals surface area contributed by atoms with Crippen LogP contribution in [0.1, 0.15) is 46.5 Å². The molecule has 0 saturated carbocycles. The average molecular weight is 261 g/mol. The average Bonchev–Trinajstić information content (AvgIpc) is 2.29. The molecule has 5 heteroatoms. The first kappa shape index (κ1) is 17.4. The summed E-state index contributed by atoms with van der Waals surface area (Å²) in [5.74, 6) is -0.543. The van der Waals surface area contributed by atoms with Gasteiger partial charge in [0, 0.05) is 19.6 Å². The van der Waals surface area contributed by atoms with Gasteiger partial charge in [0.1, 0.15) is 0 Å². The summed E-state index contributed by atoms with van der Waals surface area (Å²) < 4.78 is 11.0. The van der Waals surface area contributed by atoms with Crippen molar-refractivity contribution in [1.82, 2.24) is 5.32 Å². The van der Waals surface area contributed by atoms with E-state index < -0.39 is 5.79 Å². The fraction of sp³-hybridized carbons (Fsp3) is 0.923. The van der Waals surface area contributed by atoms with Gasteiger partial charge in [-0.3, -0.25) is 4.79 Å². The maximum Gasteiger partial charge on any atom is 0.219 e. The normalized spacial score (nSPS) is 11.6. The number of carbonyl (C=O) groups is 1. The minimum atomic E-state index is -0.636. The van der Waals surface area contributed by atoms with Crippen LogP contribution in [0.3, 0.4) is 0 Å². The molecule has 5 nitrogen and oxygen atoms in total. The zero-order valence-corrected chi connectivity index (χ0v) is 11.8. The highest BCUT2D eigenvalue weighted by Crippen LogP contribution is 2.11. The maximum absolute atomic E-state index is 11.2. The summed E-state index contributed by atoms with van der Waals surface area (Å²) in [6.07, 6.45) is 2.83. The molecule has 0 rings (SSSR count). The molecule has 2 N–H and O–H groups in total. The lowest BCUT2D eigenvalue weighted by atomic mass is 10.3. The van der Waals surface area contributed by atoms with Gasteiger partial charge in [-0.2, -0.15) is 0 Å². The Morgan fingerprint density at radius 3 is 2.39 bits per heavy atom. The number of rotatable bonds is 11. The van der Waals surface area contributed by atoms with E-state index in [1.807, 2.05) is 20.8 Å². The van der Waals surface area contributed by atoms with E-state index in [1.54, 1.807) is 0 Å². The van der Waals surface area contributed by atoms with E-state index in [0.29, 0.717) is 32.6 Å². The summed E-state index contributed by atoms with van der Waals surface area (Å²) in [5.41, 5.74) is 0. The van der Waals surface area contributed by atoms with Crippen LogP contribution in [0, 0.1) is 0 Å². The van der Waals surface area contributed by atoms with Gasteiger partial charge in [-0.15, -0.1) is 0 Å². The van der Waals surface area contributed by atoms with Gasteiger partial charge in [-0.05, 0) is 33.1 Å². The topological polar surface area (TPSA) is 67.8 Å². The lowest BCUT2D eigenvalue weighted by Crippen LogP contribution is -2.31. The summed E-state index contributed by atoms with van der Waals surface area (Å²) in [4.78, 5) is 11.2. The number of aliphatic hydroxyl groups is 1. The Kier molecular flexibility index (Phi) is 9.92. The van der Waals surface area contributed by atoms with Gasteiger partial charge >= 0.3 is 0 Å². The van der Waals surface area contributed by atoms with E-state index in [2.05, 4.69) is 5.32 Å². The van der Waals surface area contributed by atoms with Gasteiger partial charge < -0.3 is 19.9 Å². The summed E-state index contributed by atoms with van der Waals surface area (Å²) in [6.45, 7) is 7.45. The van der Waals surface area contributed by atoms with Gasteiger partial charge in [0.05, 0.1) is 13.2 Å². The van der Waals surface area contributed by atoms with Crippen LogP contribution in [0.5, 0.6) is 0 Å². The molecule has 0 aromatic rings. The molecule has 0 radical (unpaired) electrons. The lowest BCUT2D eigenvalue weighted by molar-refractivity contribution is -0.214. The zero-order valence-electron chi connectivity index (χ0n) is 11.8. The van der Waals surface area contributed by atoms with Crippen LogP contribution in [-0.2, 0) is 14.3 Å². The number of aliphatic hydroxyl groups excluding tert-OH is 1.